The Kier molecular flexibility index (Phi) is 5.44. The lowest BCUT2D eigenvalue weighted by atomic mass is 10.1. The van der Waals surface area contributed by atoms with Gasteiger partial charge in [0.2, 0.25) is 0 Å². The zero-order chi connectivity index (χ0) is 19.7. The average Bonchev–Trinajstić information content (AvgIpc) is 3.42. The molecule has 0 radical (unpaired) electrons. The Hall–Kier alpha value is -2.50. The number of carbonyl (C=O) groups excluding carboxylic acids is 1. The number of carbonyl (C=O) groups is 1. The van der Waals surface area contributed by atoms with Gasteiger partial charge in [-0.25, -0.2) is 4.79 Å². The van der Waals surface area contributed by atoms with Crippen molar-refractivity contribution in [2.24, 2.45) is 7.05 Å². The lowest BCUT2D eigenvalue weighted by Crippen LogP contribution is -2.42. The van der Waals surface area contributed by atoms with E-state index < -0.39 is 0 Å². The summed E-state index contributed by atoms with van der Waals surface area (Å²) in [6.45, 7) is 8.71. The molecule has 0 saturated heterocycles. The number of urea groups is 1. The molecule has 0 aliphatic heterocycles. The van der Waals surface area contributed by atoms with Gasteiger partial charge in [-0.15, -0.1) is 0 Å². The number of nitrogens with zero attached hydrogens (tertiary/aromatic N) is 3. The molecular weight excluding hydrogens is 340 g/mol. The SMILES string of the molecule is COc1ccc([C@H](C)NC(=O)N(Cc2c(C)nn(C)c2C)C2CC2)cc1C. The van der Waals surface area contributed by atoms with E-state index in [1.54, 1.807) is 7.11 Å². The molecule has 2 aromatic rings. The largest absolute Gasteiger partial charge is 0.496 e. The third-order valence-electron chi connectivity index (χ3n) is 5.49. The molecule has 1 aliphatic carbocycles. The number of nitrogens with one attached hydrogen (secondary N) is 1. The fraction of sp³-hybridized carbons (Fsp3) is 0.524. The summed E-state index contributed by atoms with van der Waals surface area (Å²) >= 11 is 0. The smallest absolute Gasteiger partial charge is 0.318 e. The zero-order valence-corrected chi connectivity index (χ0v) is 17.2. The maximum absolute atomic E-state index is 13.0. The summed E-state index contributed by atoms with van der Waals surface area (Å²) in [6, 6.07) is 6.28. The van der Waals surface area contributed by atoms with Crippen LogP contribution in [-0.2, 0) is 13.6 Å². The lowest BCUT2D eigenvalue weighted by Gasteiger charge is -2.26. The van der Waals surface area contributed by atoms with Crippen LogP contribution in [0.1, 0.15) is 53.9 Å². The number of hydrogen-bond acceptors (Lipinski definition) is 3. The molecule has 0 unspecified atom stereocenters. The minimum atomic E-state index is -0.0700. The van der Waals surface area contributed by atoms with Crippen LogP contribution in [0.15, 0.2) is 18.2 Å². The van der Waals surface area contributed by atoms with Gasteiger partial charge in [-0.2, -0.15) is 5.10 Å². The highest BCUT2D eigenvalue weighted by molar-refractivity contribution is 5.75. The maximum Gasteiger partial charge on any atom is 0.318 e. The standard InChI is InChI=1S/C21H30N4O2/c1-13-11-17(7-10-20(13)27-6)14(2)22-21(26)25(18-8-9-18)12-19-15(3)23-24(5)16(19)4/h7,10-11,14,18H,8-9,12H2,1-6H3,(H,22,26)/t14-/m0/s1. The van der Waals surface area contributed by atoms with Crippen molar-refractivity contribution in [1.29, 1.82) is 0 Å². The van der Waals surface area contributed by atoms with Crippen molar-refractivity contribution in [3.05, 3.63) is 46.3 Å². The van der Waals surface area contributed by atoms with E-state index in [9.17, 15) is 4.79 Å². The van der Waals surface area contributed by atoms with Crippen molar-refractivity contribution in [3.63, 3.8) is 0 Å². The topological polar surface area (TPSA) is 59.4 Å². The van der Waals surface area contributed by atoms with E-state index in [0.717, 1.165) is 46.7 Å². The molecule has 1 atom stereocenters. The Morgan fingerprint density at radius 1 is 1.37 bits per heavy atom. The van der Waals surface area contributed by atoms with Crippen LogP contribution in [0.25, 0.3) is 0 Å². The van der Waals surface area contributed by atoms with Gasteiger partial charge in [-0.05, 0) is 57.7 Å². The van der Waals surface area contributed by atoms with Crippen molar-refractivity contribution >= 4 is 6.03 Å². The lowest BCUT2D eigenvalue weighted by molar-refractivity contribution is 0.188. The summed E-state index contributed by atoms with van der Waals surface area (Å²) in [7, 11) is 3.62. The van der Waals surface area contributed by atoms with E-state index in [1.165, 1.54) is 0 Å². The number of methoxy groups -OCH3 is 1. The summed E-state index contributed by atoms with van der Waals surface area (Å²) in [4.78, 5) is 15.0. The molecule has 1 aromatic carbocycles. The number of hydrogen-bond donors (Lipinski definition) is 1. The number of aryl methyl sites for hydroxylation is 3. The molecule has 1 N–H and O–H groups in total. The van der Waals surface area contributed by atoms with E-state index in [0.29, 0.717) is 12.6 Å². The maximum atomic E-state index is 13.0. The second-order valence-electron chi connectivity index (χ2n) is 7.53. The molecule has 6 heteroatoms. The van der Waals surface area contributed by atoms with Crippen molar-refractivity contribution < 1.29 is 9.53 Å². The number of amides is 2. The quantitative estimate of drug-likeness (QED) is 0.842. The molecule has 1 fully saturated rings. The molecule has 1 aromatic heterocycles. The molecule has 27 heavy (non-hydrogen) atoms. The highest BCUT2D eigenvalue weighted by Crippen LogP contribution is 2.30. The Balaban J connectivity index is 1.73. The van der Waals surface area contributed by atoms with Gasteiger partial charge >= 0.3 is 6.03 Å². The van der Waals surface area contributed by atoms with Gasteiger partial charge in [-0.3, -0.25) is 4.68 Å². The Labute approximate surface area is 161 Å². The number of aromatic nitrogens is 2. The van der Waals surface area contributed by atoms with Gasteiger partial charge in [0, 0.05) is 24.3 Å². The molecule has 0 spiro atoms. The van der Waals surface area contributed by atoms with E-state index in [2.05, 4.69) is 23.4 Å². The van der Waals surface area contributed by atoms with E-state index in [1.807, 2.05) is 49.5 Å². The third-order valence-corrected chi connectivity index (χ3v) is 5.49. The first kappa shape index (κ1) is 19.3. The fourth-order valence-corrected chi connectivity index (χ4v) is 3.49. The summed E-state index contributed by atoms with van der Waals surface area (Å²) in [5.74, 6) is 0.861. The van der Waals surface area contributed by atoms with E-state index in [4.69, 9.17) is 4.74 Å². The molecule has 0 bridgehead atoms. The first-order chi connectivity index (χ1) is 12.8. The zero-order valence-electron chi connectivity index (χ0n) is 17.2. The van der Waals surface area contributed by atoms with Gasteiger partial charge in [0.15, 0.2) is 0 Å². The predicted octanol–water partition coefficient (Wildman–Crippen LogP) is 3.79. The minimum absolute atomic E-state index is 0.0128. The molecule has 3 rings (SSSR count). The number of ether oxygens (including phenoxy) is 1. The number of rotatable bonds is 6. The summed E-state index contributed by atoms with van der Waals surface area (Å²) in [5, 5.41) is 7.65. The molecule has 1 heterocycles. The Bertz CT molecular complexity index is 839. The van der Waals surface area contributed by atoms with Crippen molar-refractivity contribution in [3.8, 4) is 5.75 Å². The molecular formula is C21H30N4O2. The monoisotopic (exact) mass is 370 g/mol. The third kappa shape index (κ3) is 4.10. The second-order valence-corrected chi connectivity index (χ2v) is 7.53. The Morgan fingerprint density at radius 3 is 2.59 bits per heavy atom. The normalized spacial score (nSPS) is 14.7. The average molecular weight is 370 g/mol. The van der Waals surface area contributed by atoms with Crippen molar-refractivity contribution in [2.75, 3.05) is 7.11 Å². The van der Waals surface area contributed by atoms with Crippen molar-refractivity contribution in [1.82, 2.24) is 20.0 Å². The highest BCUT2D eigenvalue weighted by Gasteiger charge is 2.34. The summed E-state index contributed by atoms with van der Waals surface area (Å²) < 4.78 is 7.21. The van der Waals surface area contributed by atoms with Crippen LogP contribution in [0, 0.1) is 20.8 Å². The summed E-state index contributed by atoms with van der Waals surface area (Å²) in [5.41, 5.74) is 5.40. The van der Waals surface area contributed by atoms with E-state index in [-0.39, 0.29) is 12.1 Å². The minimum Gasteiger partial charge on any atom is -0.496 e. The van der Waals surface area contributed by atoms with Crippen LogP contribution in [0.2, 0.25) is 0 Å². The van der Waals surface area contributed by atoms with Gasteiger partial charge in [0.25, 0.3) is 0 Å². The molecule has 146 valence electrons. The Morgan fingerprint density at radius 2 is 2.07 bits per heavy atom. The van der Waals surface area contributed by atoms with Crippen LogP contribution in [0.5, 0.6) is 5.75 Å². The number of benzene rings is 1. The van der Waals surface area contributed by atoms with E-state index >= 15 is 0 Å². The first-order valence-electron chi connectivity index (χ1n) is 9.52. The second kappa shape index (κ2) is 7.62. The van der Waals surface area contributed by atoms with Crippen molar-refractivity contribution in [2.45, 2.75) is 59.2 Å². The van der Waals surface area contributed by atoms with Crippen LogP contribution in [-0.4, -0.2) is 33.9 Å². The van der Waals surface area contributed by atoms with Crippen LogP contribution in [0.4, 0.5) is 4.79 Å². The predicted molar refractivity (Wildman–Crippen MR) is 106 cm³/mol. The molecule has 1 saturated carbocycles. The first-order valence-corrected chi connectivity index (χ1v) is 9.52. The van der Waals surface area contributed by atoms with Gasteiger partial charge in [0.05, 0.1) is 25.4 Å². The highest BCUT2D eigenvalue weighted by atomic mass is 16.5. The molecule has 2 amide bonds. The van der Waals surface area contributed by atoms with Crippen LogP contribution >= 0.6 is 0 Å². The molecule has 1 aliphatic rings. The fourth-order valence-electron chi connectivity index (χ4n) is 3.49. The van der Waals surface area contributed by atoms with Gasteiger partial charge in [0.1, 0.15) is 5.75 Å². The summed E-state index contributed by atoms with van der Waals surface area (Å²) in [6.07, 6.45) is 2.14. The molecule has 6 nitrogen and oxygen atoms in total. The van der Waals surface area contributed by atoms with Gasteiger partial charge < -0.3 is 15.0 Å². The van der Waals surface area contributed by atoms with Crippen LogP contribution in [0.3, 0.4) is 0 Å². The van der Waals surface area contributed by atoms with Gasteiger partial charge in [-0.1, -0.05) is 12.1 Å². The van der Waals surface area contributed by atoms with Crippen LogP contribution < -0.4 is 10.1 Å².